The van der Waals surface area contributed by atoms with Crippen molar-refractivity contribution in [2.75, 3.05) is 0 Å². The highest BCUT2D eigenvalue weighted by atomic mass is 16.5. The third-order valence-corrected chi connectivity index (χ3v) is 4.30. The van der Waals surface area contributed by atoms with Crippen LogP contribution in [-0.4, -0.2) is 23.0 Å². The summed E-state index contributed by atoms with van der Waals surface area (Å²) in [6.45, 7) is 3.62. The molecule has 3 rings (SSSR count). The van der Waals surface area contributed by atoms with Crippen molar-refractivity contribution in [2.45, 2.75) is 38.8 Å². The number of aromatic amines is 1. The minimum atomic E-state index is -0.421. The van der Waals surface area contributed by atoms with E-state index in [9.17, 15) is 9.59 Å². The number of carbonyl (C=O) groups is 2. The van der Waals surface area contributed by atoms with Gasteiger partial charge in [-0.1, -0.05) is 48.5 Å². The number of amides is 1. The summed E-state index contributed by atoms with van der Waals surface area (Å²) in [4.78, 5) is 28.0. The Morgan fingerprint density at radius 1 is 1.04 bits per heavy atom. The molecule has 0 aliphatic rings. The first kappa shape index (κ1) is 18.7. The van der Waals surface area contributed by atoms with E-state index in [1.807, 2.05) is 74.6 Å². The van der Waals surface area contributed by atoms with Crippen LogP contribution in [0.4, 0.5) is 0 Å². The van der Waals surface area contributed by atoms with E-state index in [1.165, 1.54) is 0 Å². The molecule has 0 saturated heterocycles. The number of carbonyl (C=O) groups excluding carboxylic acids is 2. The van der Waals surface area contributed by atoms with Crippen molar-refractivity contribution in [2.24, 2.45) is 0 Å². The highest BCUT2D eigenvalue weighted by molar-refractivity contribution is 5.89. The number of aromatic nitrogens is 1. The summed E-state index contributed by atoms with van der Waals surface area (Å²) in [6.07, 6.45) is 2.01. The Morgan fingerprint density at radius 2 is 1.74 bits per heavy atom. The summed E-state index contributed by atoms with van der Waals surface area (Å²) in [6, 6.07) is 16.9. The molecule has 1 unspecified atom stereocenters. The molecule has 0 aliphatic heterocycles. The molecule has 140 valence electrons. The number of benzene rings is 2. The van der Waals surface area contributed by atoms with Gasteiger partial charge in [0, 0.05) is 17.1 Å². The smallest absolute Gasteiger partial charge is 0.308 e. The van der Waals surface area contributed by atoms with Crippen LogP contribution in [0.25, 0.3) is 10.9 Å². The Hall–Kier alpha value is -3.08. The minimum Gasteiger partial charge on any atom is -0.463 e. The molecule has 0 saturated carbocycles. The van der Waals surface area contributed by atoms with Crippen LogP contribution in [0.1, 0.15) is 37.4 Å². The predicted octanol–water partition coefficient (Wildman–Crippen LogP) is 3.91. The van der Waals surface area contributed by atoms with Crippen molar-refractivity contribution < 1.29 is 14.3 Å². The molecule has 0 aliphatic carbocycles. The fraction of sp³-hybridized carbons (Fsp3) is 0.273. The summed E-state index contributed by atoms with van der Waals surface area (Å²) in [5, 5.41) is 4.02. The Kier molecular flexibility index (Phi) is 5.91. The summed E-state index contributed by atoms with van der Waals surface area (Å²) in [5.74, 6) is -0.461. The van der Waals surface area contributed by atoms with E-state index in [0.29, 0.717) is 0 Å². The van der Waals surface area contributed by atoms with Crippen LogP contribution in [-0.2, 0) is 20.7 Å². The van der Waals surface area contributed by atoms with Gasteiger partial charge in [-0.2, -0.15) is 0 Å². The van der Waals surface area contributed by atoms with Crippen molar-refractivity contribution in [1.29, 1.82) is 0 Å². The highest BCUT2D eigenvalue weighted by Crippen LogP contribution is 2.20. The lowest BCUT2D eigenvalue weighted by molar-refractivity contribution is -0.148. The number of ether oxygens (including phenoxy) is 1. The van der Waals surface area contributed by atoms with Crippen LogP contribution in [0.2, 0.25) is 0 Å². The van der Waals surface area contributed by atoms with Gasteiger partial charge in [-0.3, -0.25) is 9.59 Å². The molecule has 1 amide bonds. The monoisotopic (exact) mass is 364 g/mol. The average Bonchev–Trinajstić information content (AvgIpc) is 3.04. The molecule has 1 aromatic heterocycles. The lowest BCUT2D eigenvalue weighted by atomic mass is 10.0. The van der Waals surface area contributed by atoms with Crippen LogP contribution >= 0.6 is 0 Å². The van der Waals surface area contributed by atoms with Crippen LogP contribution in [0.3, 0.4) is 0 Å². The zero-order chi connectivity index (χ0) is 19.2. The summed E-state index contributed by atoms with van der Waals surface area (Å²) < 4.78 is 5.25. The predicted molar refractivity (Wildman–Crippen MR) is 105 cm³/mol. The molecule has 0 radical (unpaired) electrons. The number of nitrogens with one attached hydrogen (secondary N) is 2. The molecule has 2 aromatic carbocycles. The van der Waals surface area contributed by atoms with E-state index in [2.05, 4.69) is 10.3 Å². The molecule has 2 N–H and O–H groups in total. The minimum absolute atomic E-state index is 0.0990. The molecular formula is C22H24N2O3. The van der Waals surface area contributed by atoms with Crippen molar-refractivity contribution in [3.8, 4) is 0 Å². The van der Waals surface area contributed by atoms with Gasteiger partial charge in [0.2, 0.25) is 5.91 Å². The number of hydrogen-bond acceptors (Lipinski definition) is 3. The van der Waals surface area contributed by atoms with Gasteiger partial charge in [-0.05, 0) is 31.0 Å². The van der Waals surface area contributed by atoms with Gasteiger partial charge in [0.15, 0.2) is 0 Å². The first-order valence-electron chi connectivity index (χ1n) is 9.11. The largest absolute Gasteiger partial charge is 0.463 e. The van der Waals surface area contributed by atoms with Crippen molar-refractivity contribution >= 4 is 22.8 Å². The normalized spacial score (nSPS) is 12.1. The van der Waals surface area contributed by atoms with E-state index in [1.54, 1.807) is 0 Å². The SMILES string of the molecule is CC(C)OC(=O)CC(NC(=O)Cc1c[nH]c2ccccc12)c1ccccc1. The number of rotatable bonds is 7. The maximum Gasteiger partial charge on any atom is 0.308 e. The highest BCUT2D eigenvalue weighted by Gasteiger charge is 2.20. The quantitative estimate of drug-likeness (QED) is 0.625. The fourth-order valence-electron chi connectivity index (χ4n) is 3.11. The van der Waals surface area contributed by atoms with E-state index in [4.69, 9.17) is 4.74 Å². The maximum atomic E-state index is 12.7. The fourth-order valence-corrected chi connectivity index (χ4v) is 3.11. The number of hydrogen-bond donors (Lipinski definition) is 2. The molecule has 27 heavy (non-hydrogen) atoms. The van der Waals surface area contributed by atoms with Crippen LogP contribution in [0.15, 0.2) is 60.8 Å². The van der Waals surface area contributed by atoms with Crippen molar-refractivity contribution in [3.63, 3.8) is 0 Å². The van der Waals surface area contributed by atoms with E-state index >= 15 is 0 Å². The van der Waals surface area contributed by atoms with Gasteiger partial charge in [0.05, 0.1) is 25.0 Å². The molecule has 1 atom stereocenters. The first-order chi connectivity index (χ1) is 13.0. The van der Waals surface area contributed by atoms with Gasteiger partial charge in [-0.15, -0.1) is 0 Å². The Morgan fingerprint density at radius 3 is 2.48 bits per heavy atom. The van der Waals surface area contributed by atoms with Gasteiger partial charge in [0.1, 0.15) is 0 Å². The van der Waals surface area contributed by atoms with Crippen molar-refractivity contribution in [1.82, 2.24) is 10.3 Å². The topological polar surface area (TPSA) is 71.2 Å². The van der Waals surface area contributed by atoms with Crippen LogP contribution in [0, 0.1) is 0 Å². The van der Waals surface area contributed by atoms with Gasteiger partial charge < -0.3 is 15.0 Å². The standard InChI is InChI=1S/C22H24N2O3/c1-15(2)27-22(26)13-20(16-8-4-3-5-9-16)24-21(25)12-17-14-23-19-11-7-6-10-18(17)19/h3-11,14-15,20,23H,12-13H2,1-2H3,(H,24,25). The maximum absolute atomic E-state index is 12.7. The first-order valence-corrected chi connectivity index (χ1v) is 9.11. The molecule has 5 nitrogen and oxygen atoms in total. The summed E-state index contributed by atoms with van der Waals surface area (Å²) in [5.41, 5.74) is 2.81. The zero-order valence-electron chi connectivity index (χ0n) is 15.6. The molecule has 5 heteroatoms. The second-order valence-electron chi connectivity index (χ2n) is 6.81. The molecule has 1 heterocycles. The Labute approximate surface area is 158 Å². The van der Waals surface area contributed by atoms with Gasteiger partial charge >= 0.3 is 5.97 Å². The lowest BCUT2D eigenvalue weighted by Gasteiger charge is -2.19. The van der Waals surface area contributed by atoms with Crippen LogP contribution < -0.4 is 5.32 Å². The average molecular weight is 364 g/mol. The molecule has 0 bridgehead atoms. The van der Waals surface area contributed by atoms with Crippen LogP contribution in [0.5, 0.6) is 0 Å². The molecule has 0 fully saturated rings. The number of para-hydroxylation sites is 1. The molecule has 0 spiro atoms. The third kappa shape index (κ3) is 4.97. The van der Waals surface area contributed by atoms with Gasteiger partial charge in [0.25, 0.3) is 0 Å². The third-order valence-electron chi connectivity index (χ3n) is 4.30. The number of fused-ring (bicyclic) bond motifs is 1. The molecular weight excluding hydrogens is 340 g/mol. The number of esters is 1. The van der Waals surface area contributed by atoms with Gasteiger partial charge in [-0.25, -0.2) is 0 Å². The number of H-pyrrole nitrogens is 1. The lowest BCUT2D eigenvalue weighted by Crippen LogP contribution is -2.32. The van der Waals surface area contributed by atoms with E-state index < -0.39 is 6.04 Å². The summed E-state index contributed by atoms with van der Waals surface area (Å²) in [7, 11) is 0. The van der Waals surface area contributed by atoms with Crippen molar-refractivity contribution in [3.05, 3.63) is 71.9 Å². The van der Waals surface area contributed by atoms with E-state index in [-0.39, 0.29) is 30.8 Å². The molecule has 3 aromatic rings. The Bertz CT molecular complexity index is 915. The Balaban J connectivity index is 1.72. The zero-order valence-corrected chi connectivity index (χ0v) is 15.6. The summed E-state index contributed by atoms with van der Waals surface area (Å²) >= 11 is 0. The second kappa shape index (κ2) is 8.54. The van der Waals surface area contributed by atoms with E-state index in [0.717, 1.165) is 22.0 Å². The second-order valence-corrected chi connectivity index (χ2v) is 6.81.